The summed E-state index contributed by atoms with van der Waals surface area (Å²) < 4.78 is 0. The van der Waals surface area contributed by atoms with Gasteiger partial charge < -0.3 is 0 Å². The summed E-state index contributed by atoms with van der Waals surface area (Å²) in [5.41, 5.74) is 0. The minimum atomic E-state index is 0.863. The zero-order valence-electron chi connectivity index (χ0n) is 4.59. The number of hydrazine groups is 1. The minimum Gasteiger partial charge on any atom is -0.239 e. The summed E-state index contributed by atoms with van der Waals surface area (Å²) in [6.07, 6.45) is 0. The van der Waals surface area contributed by atoms with E-state index in [1.807, 2.05) is 0 Å². The highest BCUT2D eigenvalue weighted by Crippen LogP contribution is 2.24. The van der Waals surface area contributed by atoms with Gasteiger partial charge >= 0.3 is 0 Å². The molecule has 0 spiro atoms. The predicted octanol–water partition coefficient (Wildman–Crippen LogP) is -0.0789. The average molecular weight is 98.1 g/mol. The summed E-state index contributed by atoms with van der Waals surface area (Å²) >= 11 is 0. The highest BCUT2D eigenvalue weighted by molar-refractivity contribution is 4.87. The molecular weight excluding hydrogens is 88.1 g/mol. The van der Waals surface area contributed by atoms with Crippen molar-refractivity contribution in [1.29, 1.82) is 0 Å². The summed E-state index contributed by atoms with van der Waals surface area (Å²) in [5.74, 6) is 0. The van der Waals surface area contributed by atoms with Crippen molar-refractivity contribution in [2.24, 2.45) is 0 Å². The number of hydrogen-bond donors (Lipinski definition) is 0. The molecular formula is C5H10N2. The first-order chi connectivity index (χ1) is 3.38. The largest absolute Gasteiger partial charge is 0.239 e. The second-order valence-electron chi connectivity index (χ2n) is 2.42. The molecule has 0 radical (unpaired) electrons. The summed E-state index contributed by atoms with van der Waals surface area (Å²) in [7, 11) is 0. The standard InChI is InChI=1S/C5H10N2/c1-5-4-7(5)6-2-3-6/h5H,2-4H2,1H3. The van der Waals surface area contributed by atoms with E-state index in [-0.39, 0.29) is 0 Å². The molecule has 2 heteroatoms. The van der Waals surface area contributed by atoms with Gasteiger partial charge in [-0.2, -0.15) is 0 Å². The van der Waals surface area contributed by atoms with Crippen molar-refractivity contribution < 1.29 is 0 Å². The lowest BCUT2D eigenvalue weighted by molar-refractivity contribution is 0.245. The molecule has 2 nitrogen and oxygen atoms in total. The van der Waals surface area contributed by atoms with Crippen LogP contribution in [0, 0.1) is 0 Å². The Hall–Kier alpha value is -0.0800. The lowest BCUT2D eigenvalue weighted by Gasteiger charge is -1.95. The van der Waals surface area contributed by atoms with E-state index in [0.717, 1.165) is 6.04 Å². The predicted molar refractivity (Wildman–Crippen MR) is 27.7 cm³/mol. The van der Waals surface area contributed by atoms with Crippen molar-refractivity contribution in [1.82, 2.24) is 10.0 Å². The van der Waals surface area contributed by atoms with Gasteiger partial charge in [0, 0.05) is 25.7 Å². The van der Waals surface area contributed by atoms with Gasteiger partial charge in [0.2, 0.25) is 0 Å². The van der Waals surface area contributed by atoms with Crippen molar-refractivity contribution in [3.05, 3.63) is 0 Å². The molecule has 0 aromatic heterocycles. The van der Waals surface area contributed by atoms with Crippen LogP contribution in [0.5, 0.6) is 0 Å². The normalized spacial score (nSPS) is 49.3. The van der Waals surface area contributed by atoms with E-state index in [4.69, 9.17) is 0 Å². The maximum Gasteiger partial charge on any atom is 0.0359 e. The Bertz CT molecular complexity index is 88.1. The Labute approximate surface area is 43.7 Å². The van der Waals surface area contributed by atoms with E-state index in [9.17, 15) is 0 Å². The molecule has 0 saturated carbocycles. The third kappa shape index (κ3) is 0.545. The maximum atomic E-state index is 2.40. The molecule has 2 aliphatic rings. The topological polar surface area (TPSA) is 6.02 Å². The van der Waals surface area contributed by atoms with Gasteiger partial charge in [-0.05, 0) is 6.92 Å². The molecule has 2 heterocycles. The molecule has 7 heavy (non-hydrogen) atoms. The Morgan fingerprint density at radius 3 is 2.14 bits per heavy atom. The summed E-state index contributed by atoms with van der Waals surface area (Å²) in [5, 5.41) is 4.78. The monoisotopic (exact) mass is 98.1 g/mol. The molecule has 2 atom stereocenters. The van der Waals surface area contributed by atoms with Gasteiger partial charge in [0.15, 0.2) is 0 Å². The third-order valence-corrected chi connectivity index (χ3v) is 1.61. The van der Waals surface area contributed by atoms with Crippen LogP contribution in [0.15, 0.2) is 0 Å². The van der Waals surface area contributed by atoms with Gasteiger partial charge in [-0.25, -0.2) is 10.0 Å². The van der Waals surface area contributed by atoms with Gasteiger partial charge in [-0.15, -0.1) is 0 Å². The zero-order valence-corrected chi connectivity index (χ0v) is 4.59. The van der Waals surface area contributed by atoms with Crippen molar-refractivity contribution in [3.63, 3.8) is 0 Å². The fourth-order valence-electron chi connectivity index (χ4n) is 0.919. The van der Waals surface area contributed by atoms with Gasteiger partial charge in [0.1, 0.15) is 0 Å². The molecule has 2 fully saturated rings. The number of nitrogens with zero attached hydrogens (tertiary/aromatic N) is 2. The first-order valence-electron chi connectivity index (χ1n) is 2.89. The van der Waals surface area contributed by atoms with Crippen LogP contribution in [0.3, 0.4) is 0 Å². The average Bonchev–Trinajstić information content (AvgIpc) is 2.23. The summed E-state index contributed by atoms with van der Waals surface area (Å²) in [6.45, 7) is 6.19. The molecule has 2 unspecified atom stereocenters. The van der Waals surface area contributed by atoms with E-state index >= 15 is 0 Å². The van der Waals surface area contributed by atoms with E-state index in [1.165, 1.54) is 19.6 Å². The Balaban J connectivity index is 1.88. The highest BCUT2D eigenvalue weighted by atomic mass is 15.8. The van der Waals surface area contributed by atoms with Gasteiger partial charge in [0.05, 0.1) is 0 Å². The van der Waals surface area contributed by atoms with Crippen LogP contribution in [0.2, 0.25) is 0 Å². The van der Waals surface area contributed by atoms with E-state index in [1.54, 1.807) is 0 Å². The van der Waals surface area contributed by atoms with Crippen molar-refractivity contribution >= 4 is 0 Å². The quantitative estimate of drug-likeness (QED) is 0.423. The van der Waals surface area contributed by atoms with Crippen LogP contribution < -0.4 is 0 Å². The third-order valence-electron chi connectivity index (χ3n) is 1.61. The maximum absolute atomic E-state index is 2.40. The molecule has 0 aliphatic carbocycles. The molecule has 0 amide bonds. The van der Waals surface area contributed by atoms with E-state index < -0.39 is 0 Å². The van der Waals surface area contributed by atoms with Crippen LogP contribution in [-0.2, 0) is 0 Å². The lowest BCUT2D eigenvalue weighted by atomic mass is 10.6. The van der Waals surface area contributed by atoms with E-state index in [0.29, 0.717) is 0 Å². The van der Waals surface area contributed by atoms with Crippen LogP contribution in [0.4, 0.5) is 0 Å². The van der Waals surface area contributed by atoms with E-state index in [2.05, 4.69) is 16.9 Å². The molecule has 0 aromatic carbocycles. The van der Waals surface area contributed by atoms with Crippen molar-refractivity contribution in [2.45, 2.75) is 13.0 Å². The van der Waals surface area contributed by atoms with Crippen LogP contribution in [-0.4, -0.2) is 35.7 Å². The fraction of sp³-hybridized carbons (Fsp3) is 1.00. The summed E-state index contributed by atoms with van der Waals surface area (Å²) in [4.78, 5) is 0. The van der Waals surface area contributed by atoms with Crippen LogP contribution in [0.25, 0.3) is 0 Å². The van der Waals surface area contributed by atoms with Crippen LogP contribution in [0.1, 0.15) is 6.92 Å². The highest BCUT2D eigenvalue weighted by Gasteiger charge is 2.39. The Kier molecular flexibility index (Phi) is 0.557. The zero-order chi connectivity index (χ0) is 4.85. The minimum absolute atomic E-state index is 0.863. The fourth-order valence-corrected chi connectivity index (χ4v) is 0.919. The second kappa shape index (κ2) is 1.01. The van der Waals surface area contributed by atoms with Crippen molar-refractivity contribution in [2.75, 3.05) is 19.6 Å². The van der Waals surface area contributed by atoms with Gasteiger partial charge in [-0.1, -0.05) is 0 Å². The lowest BCUT2D eigenvalue weighted by Crippen LogP contribution is -2.06. The summed E-state index contributed by atoms with van der Waals surface area (Å²) in [6, 6.07) is 0.863. The molecule has 0 aromatic rings. The first-order valence-corrected chi connectivity index (χ1v) is 2.89. The Morgan fingerprint density at radius 2 is 2.00 bits per heavy atom. The van der Waals surface area contributed by atoms with Crippen molar-refractivity contribution in [3.8, 4) is 0 Å². The number of hydrogen-bond acceptors (Lipinski definition) is 2. The molecule has 0 N–H and O–H groups in total. The van der Waals surface area contributed by atoms with Crippen LogP contribution >= 0.6 is 0 Å². The molecule has 2 rings (SSSR count). The second-order valence-corrected chi connectivity index (χ2v) is 2.42. The molecule has 40 valence electrons. The number of rotatable bonds is 1. The molecule has 0 bridgehead atoms. The van der Waals surface area contributed by atoms with Gasteiger partial charge in [0.25, 0.3) is 0 Å². The van der Waals surface area contributed by atoms with Gasteiger partial charge in [-0.3, -0.25) is 0 Å². The SMILES string of the molecule is CC1CN1N1CC1. The smallest absolute Gasteiger partial charge is 0.0359 e. The first kappa shape index (κ1) is 3.87. The molecule has 2 saturated heterocycles. The Morgan fingerprint density at radius 1 is 1.43 bits per heavy atom. The molecule has 2 aliphatic heterocycles.